The van der Waals surface area contributed by atoms with E-state index in [9.17, 15) is 0 Å². The van der Waals surface area contributed by atoms with Crippen molar-refractivity contribution in [1.82, 2.24) is 14.8 Å². The van der Waals surface area contributed by atoms with Crippen LogP contribution < -0.4 is 0 Å². The SMILES string of the molecule is CCC1CCCCC1n1c(-c2cccs2)n[nH]c1=S. The lowest BCUT2D eigenvalue weighted by Gasteiger charge is -2.32. The molecule has 0 aromatic carbocycles. The molecule has 0 spiro atoms. The molecule has 1 fully saturated rings. The number of rotatable bonds is 3. The van der Waals surface area contributed by atoms with E-state index in [0.717, 1.165) is 16.5 Å². The first-order valence-corrected chi connectivity index (χ1v) is 8.31. The molecule has 1 saturated carbocycles. The van der Waals surface area contributed by atoms with Gasteiger partial charge in [-0.15, -0.1) is 11.3 Å². The molecule has 0 aliphatic heterocycles. The van der Waals surface area contributed by atoms with Gasteiger partial charge in [0.2, 0.25) is 0 Å². The fourth-order valence-corrected chi connectivity index (χ4v) is 4.17. The minimum atomic E-state index is 0.516. The van der Waals surface area contributed by atoms with Crippen LogP contribution in [0.1, 0.15) is 45.1 Å². The van der Waals surface area contributed by atoms with E-state index in [4.69, 9.17) is 12.2 Å². The Labute approximate surface area is 122 Å². The smallest absolute Gasteiger partial charge is 0.195 e. The molecule has 102 valence electrons. The standard InChI is InChI=1S/C14H19N3S2/c1-2-10-6-3-4-7-11(10)17-13(15-16-14(17)18)12-8-5-9-19-12/h5,8-11H,2-4,6-7H2,1H3,(H,16,18). The number of thiophene rings is 1. The van der Waals surface area contributed by atoms with Crippen molar-refractivity contribution in [2.75, 3.05) is 0 Å². The van der Waals surface area contributed by atoms with Gasteiger partial charge in [-0.3, -0.25) is 9.67 Å². The second-order valence-corrected chi connectivity index (χ2v) is 6.55. The number of hydrogen-bond acceptors (Lipinski definition) is 3. The first kappa shape index (κ1) is 13.1. The molecular weight excluding hydrogens is 274 g/mol. The summed E-state index contributed by atoms with van der Waals surface area (Å²) in [6, 6.07) is 4.71. The Morgan fingerprint density at radius 1 is 1.47 bits per heavy atom. The third-order valence-corrected chi connectivity index (χ3v) is 5.32. The molecule has 5 heteroatoms. The lowest BCUT2D eigenvalue weighted by molar-refractivity contribution is 0.232. The zero-order valence-electron chi connectivity index (χ0n) is 11.1. The molecule has 2 atom stereocenters. The highest BCUT2D eigenvalue weighted by molar-refractivity contribution is 7.71. The maximum Gasteiger partial charge on any atom is 0.195 e. The van der Waals surface area contributed by atoms with Crippen molar-refractivity contribution in [3.8, 4) is 10.7 Å². The third kappa shape index (κ3) is 2.41. The lowest BCUT2D eigenvalue weighted by Crippen LogP contribution is -2.23. The average molecular weight is 293 g/mol. The van der Waals surface area contributed by atoms with Crippen molar-refractivity contribution in [2.45, 2.75) is 45.1 Å². The number of aromatic nitrogens is 3. The van der Waals surface area contributed by atoms with Gasteiger partial charge < -0.3 is 0 Å². The van der Waals surface area contributed by atoms with Crippen molar-refractivity contribution >= 4 is 23.6 Å². The first-order chi connectivity index (χ1) is 9.31. The van der Waals surface area contributed by atoms with E-state index in [0.29, 0.717) is 6.04 Å². The summed E-state index contributed by atoms with van der Waals surface area (Å²) in [7, 11) is 0. The van der Waals surface area contributed by atoms with E-state index in [1.54, 1.807) is 11.3 Å². The molecule has 0 radical (unpaired) electrons. The zero-order valence-corrected chi connectivity index (χ0v) is 12.8. The maximum absolute atomic E-state index is 5.48. The number of hydrogen-bond donors (Lipinski definition) is 1. The fraction of sp³-hybridized carbons (Fsp3) is 0.571. The van der Waals surface area contributed by atoms with Crippen molar-refractivity contribution < 1.29 is 0 Å². The molecule has 3 nitrogen and oxygen atoms in total. The summed E-state index contributed by atoms with van der Waals surface area (Å²) in [6.45, 7) is 2.29. The Hall–Kier alpha value is -0.940. The van der Waals surface area contributed by atoms with Crippen LogP contribution in [-0.2, 0) is 0 Å². The molecule has 2 aromatic heterocycles. The van der Waals surface area contributed by atoms with Gasteiger partial charge in [-0.25, -0.2) is 0 Å². The first-order valence-electron chi connectivity index (χ1n) is 7.02. The zero-order chi connectivity index (χ0) is 13.2. The van der Waals surface area contributed by atoms with Gasteiger partial charge in [0.1, 0.15) is 0 Å². The molecule has 19 heavy (non-hydrogen) atoms. The molecule has 2 heterocycles. The molecule has 2 aromatic rings. The fourth-order valence-electron chi connectivity index (χ4n) is 3.20. The normalized spacial score (nSPS) is 23.6. The monoisotopic (exact) mass is 293 g/mol. The summed E-state index contributed by atoms with van der Waals surface area (Å²) in [5.41, 5.74) is 0. The van der Waals surface area contributed by atoms with Crippen LogP contribution in [0.3, 0.4) is 0 Å². The summed E-state index contributed by atoms with van der Waals surface area (Å²) in [4.78, 5) is 1.20. The van der Waals surface area contributed by atoms with Crippen molar-refractivity contribution in [2.24, 2.45) is 5.92 Å². The summed E-state index contributed by atoms with van der Waals surface area (Å²) in [5.74, 6) is 1.75. The van der Waals surface area contributed by atoms with E-state index in [2.05, 4.69) is 39.2 Å². The highest BCUT2D eigenvalue weighted by atomic mass is 32.1. The average Bonchev–Trinajstić information content (AvgIpc) is 3.07. The summed E-state index contributed by atoms with van der Waals surface area (Å²) in [6.07, 6.45) is 6.43. The van der Waals surface area contributed by atoms with Gasteiger partial charge in [0.15, 0.2) is 10.6 Å². The molecule has 0 amide bonds. The molecule has 0 saturated heterocycles. The molecule has 1 aliphatic rings. The number of nitrogens with zero attached hydrogens (tertiary/aromatic N) is 2. The Balaban J connectivity index is 2.04. The highest BCUT2D eigenvalue weighted by Gasteiger charge is 2.28. The molecule has 1 N–H and O–H groups in total. The van der Waals surface area contributed by atoms with Gasteiger partial charge in [-0.2, -0.15) is 5.10 Å². The predicted molar refractivity (Wildman–Crippen MR) is 82.0 cm³/mol. The predicted octanol–water partition coefficient (Wildman–Crippen LogP) is 4.81. The van der Waals surface area contributed by atoms with E-state index in [-0.39, 0.29) is 0 Å². The van der Waals surface area contributed by atoms with E-state index in [1.165, 1.54) is 37.0 Å². The van der Waals surface area contributed by atoms with Crippen LogP contribution in [0.5, 0.6) is 0 Å². The minimum absolute atomic E-state index is 0.516. The topological polar surface area (TPSA) is 33.6 Å². The number of H-pyrrole nitrogens is 1. The van der Waals surface area contributed by atoms with Gasteiger partial charge >= 0.3 is 0 Å². The maximum atomic E-state index is 5.48. The van der Waals surface area contributed by atoms with Crippen LogP contribution in [0.25, 0.3) is 10.7 Å². The van der Waals surface area contributed by atoms with E-state index < -0.39 is 0 Å². The largest absolute Gasteiger partial charge is 0.296 e. The van der Waals surface area contributed by atoms with E-state index in [1.807, 2.05) is 0 Å². The Morgan fingerprint density at radius 2 is 2.32 bits per heavy atom. The molecule has 0 bridgehead atoms. The van der Waals surface area contributed by atoms with Crippen LogP contribution in [0.2, 0.25) is 0 Å². The third-order valence-electron chi connectivity index (χ3n) is 4.17. The number of nitrogens with one attached hydrogen (secondary N) is 1. The van der Waals surface area contributed by atoms with Crippen LogP contribution in [0.15, 0.2) is 17.5 Å². The van der Waals surface area contributed by atoms with Crippen LogP contribution >= 0.6 is 23.6 Å². The molecule has 2 unspecified atom stereocenters. The number of aromatic amines is 1. The van der Waals surface area contributed by atoms with Crippen LogP contribution in [-0.4, -0.2) is 14.8 Å². The van der Waals surface area contributed by atoms with Gasteiger partial charge in [0.25, 0.3) is 0 Å². The Morgan fingerprint density at radius 3 is 3.05 bits per heavy atom. The van der Waals surface area contributed by atoms with E-state index >= 15 is 0 Å². The van der Waals surface area contributed by atoms with Crippen molar-refractivity contribution in [1.29, 1.82) is 0 Å². The van der Waals surface area contributed by atoms with Gasteiger partial charge in [0, 0.05) is 6.04 Å². The Bertz CT molecular complexity index is 582. The second kappa shape index (κ2) is 5.59. The second-order valence-electron chi connectivity index (χ2n) is 5.22. The molecule has 1 aliphatic carbocycles. The molecule has 3 rings (SSSR count). The van der Waals surface area contributed by atoms with Crippen LogP contribution in [0.4, 0.5) is 0 Å². The van der Waals surface area contributed by atoms with Crippen LogP contribution in [0, 0.1) is 10.7 Å². The summed E-state index contributed by atoms with van der Waals surface area (Å²) >= 11 is 7.20. The lowest BCUT2D eigenvalue weighted by atomic mass is 9.82. The minimum Gasteiger partial charge on any atom is -0.296 e. The van der Waals surface area contributed by atoms with Crippen molar-refractivity contribution in [3.05, 3.63) is 22.3 Å². The quantitative estimate of drug-likeness (QED) is 0.824. The summed E-state index contributed by atoms with van der Waals surface area (Å²) in [5, 5.41) is 9.54. The summed E-state index contributed by atoms with van der Waals surface area (Å²) < 4.78 is 3.04. The van der Waals surface area contributed by atoms with Gasteiger partial charge in [-0.1, -0.05) is 32.3 Å². The van der Waals surface area contributed by atoms with Crippen molar-refractivity contribution in [3.63, 3.8) is 0 Å². The highest BCUT2D eigenvalue weighted by Crippen LogP contribution is 2.38. The van der Waals surface area contributed by atoms with Gasteiger partial charge in [0.05, 0.1) is 4.88 Å². The Kier molecular flexibility index (Phi) is 3.84. The van der Waals surface area contributed by atoms with Gasteiger partial charge in [-0.05, 0) is 42.4 Å². The molecular formula is C14H19N3S2.